The number of amides is 1. The van der Waals surface area contributed by atoms with E-state index in [1.165, 1.54) is 18.9 Å². The molecule has 1 amide bonds. The fraction of sp³-hybridized carbons (Fsp3) is 0.450. The van der Waals surface area contributed by atoms with Crippen molar-refractivity contribution in [2.75, 3.05) is 26.5 Å². The lowest BCUT2D eigenvalue weighted by Crippen LogP contribution is -2.40. The van der Waals surface area contributed by atoms with Crippen LogP contribution in [0.2, 0.25) is 0 Å². The molecule has 2 heterocycles. The Kier molecular flexibility index (Phi) is 6.41. The zero-order valence-corrected chi connectivity index (χ0v) is 16.7. The van der Waals surface area contributed by atoms with Crippen LogP contribution < -0.4 is 4.74 Å². The standard InChI is InChI=1S/C20H23NO6S/c1-26-13-7-5-12(6-8-13)18(24)17-15(10-16(22)23)19(25)21(20(17)28-2)11-14-4-3-9-27-14/h5-8,14,20H,3-4,9-11H2,1-2H3,(H,22,23)/t14-,20+/m1/s1. The fourth-order valence-corrected chi connectivity index (χ4v) is 4.52. The second-order valence-electron chi connectivity index (χ2n) is 6.70. The number of benzene rings is 1. The van der Waals surface area contributed by atoms with Gasteiger partial charge in [0.05, 0.1) is 19.6 Å². The van der Waals surface area contributed by atoms with Gasteiger partial charge in [-0.05, 0) is 43.4 Å². The lowest BCUT2D eigenvalue weighted by Gasteiger charge is -2.27. The van der Waals surface area contributed by atoms with Gasteiger partial charge in [0.15, 0.2) is 5.78 Å². The van der Waals surface area contributed by atoms with Crippen LogP contribution in [0.4, 0.5) is 0 Å². The highest BCUT2D eigenvalue weighted by molar-refractivity contribution is 7.99. The van der Waals surface area contributed by atoms with Crippen molar-refractivity contribution in [2.24, 2.45) is 0 Å². The van der Waals surface area contributed by atoms with Crippen LogP contribution in [-0.4, -0.2) is 65.7 Å². The summed E-state index contributed by atoms with van der Waals surface area (Å²) in [6.45, 7) is 1.01. The van der Waals surface area contributed by atoms with Crippen LogP contribution in [-0.2, 0) is 14.3 Å². The number of ether oxygens (including phenoxy) is 2. The minimum absolute atomic E-state index is 0.0608. The Hall–Kier alpha value is -2.32. The topological polar surface area (TPSA) is 93.1 Å². The smallest absolute Gasteiger partial charge is 0.308 e. The zero-order valence-electron chi connectivity index (χ0n) is 15.8. The highest BCUT2D eigenvalue weighted by atomic mass is 32.2. The van der Waals surface area contributed by atoms with Gasteiger partial charge in [0, 0.05) is 29.9 Å². The number of Topliss-reactive ketones (excluding diaryl/α,β-unsaturated/α-hetero) is 1. The SMILES string of the molecule is COc1ccc(C(=O)C2=C(CC(=O)O)C(=O)N(C[C@H]3CCCO3)[C@H]2SC)cc1. The van der Waals surface area contributed by atoms with Gasteiger partial charge in [-0.3, -0.25) is 14.4 Å². The summed E-state index contributed by atoms with van der Waals surface area (Å²) in [5.74, 6) is -1.25. The van der Waals surface area contributed by atoms with Crippen molar-refractivity contribution in [1.29, 1.82) is 0 Å². The molecule has 150 valence electrons. The summed E-state index contributed by atoms with van der Waals surface area (Å²) in [5, 5.41) is 8.77. The van der Waals surface area contributed by atoms with E-state index in [-0.39, 0.29) is 23.0 Å². The van der Waals surface area contributed by atoms with E-state index in [9.17, 15) is 19.5 Å². The van der Waals surface area contributed by atoms with Crippen LogP contribution in [0.3, 0.4) is 0 Å². The molecule has 28 heavy (non-hydrogen) atoms. The van der Waals surface area contributed by atoms with E-state index in [4.69, 9.17) is 9.47 Å². The van der Waals surface area contributed by atoms with Gasteiger partial charge in [-0.25, -0.2) is 0 Å². The van der Waals surface area contributed by atoms with Gasteiger partial charge < -0.3 is 19.5 Å². The van der Waals surface area contributed by atoms with Crippen molar-refractivity contribution in [2.45, 2.75) is 30.7 Å². The lowest BCUT2D eigenvalue weighted by atomic mass is 9.98. The number of rotatable bonds is 8. The van der Waals surface area contributed by atoms with Crippen LogP contribution >= 0.6 is 11.8 Å². The third kappa shape index (κ3) is 4.07. The van der Waals surface area contributed by atoms with E-state index < -0.39 is 23.7 Å². The molecule has 8 heteroatoms. The summed E-state index contributed by atoms with van der Waals surface area (Å²) in [5.41, 5.74) is 0.707. The molecule has 2 atom stereocenters. The summed E-state index contributed by atoms with van der Waals surface area (Å²) < 4.78 is 10.8. The monoisotopic (exact) mass is 405 g/mol. The van der Waals surface area contributed by atoms with E-state index in [0.29, 0.717) is 24.5 Å². The lowest BCUT2D eigenvalue weighted by molar-refractivity contribution is -0.137. The summed E-state index contributed by atoms with van der Waals surface area (Å²) in [7, 11) is 1.53. The minimum atomic E-state index is -1.14. The molecule has 1 aromatic carbocycles. The van der Waals surface area contributed by atoms with Crippen LogP contribution in [0.5, 0.6) is 5.75 Å². The predicted molar refractivity (Wildman–Crippen MR) is 105 cm³/mol. The fourth-order valence-electron chi connectivity index (χ4n) is 3.60. The molecule has 1 fully saturated rings. The summed E-state index contributed by atoms with van der Waals surface area (Å²) in [6.07, 6.45) is 3.03. The van der Waals surface area contributed by atoms with E-state index in [1.54, 1.807) is 29.2 Å². The maximum atomic E-state index is 13.2. The van der Waals surface area contributed by atoms with E-state index in [2.05, 4.69) is 0 Å². The maximum absolute atomic E-state index is 13.2. The minimum Gasteiger partial charge on any atom is -0.497 e. The van der Waals surface area contributed by atoms with E-state index in [0.717, 1.165) is 12.8 Å². The van der Waals surface area contributed by atoms with Crippen LogP contribution in [0, 0.1) is 0 Å². The predicted octanol–water partition coefficient (Wildman–Crippen LogP) is 2.36. The van der Waals surface area contributed by atoms with Gasteiger partial charge >= 0.3 is 5.97 Å². The third-order valence-corrected chi connectivity index (χ3v) is 5.88. The average Bonchev–Trinajstić information content (AvgIpc) is 3.29. The largest absolute Gasteiger partial charge is 0.497 e. The zero-order chi connectivity index (χ0) is 20.3. The molecule has 0 bridgehead atoms. The number of hydrogen-bond acceptors (Lipinski definition) is 6. The average molecular weight is 405 g/mol. The molecule has 3 rings (SSSR count). The number of hydrogen-bond donors (Lipinski definition) is 1. The number of ketones is 1. The van der Waals surface area contributed by atoms with E-state index in [1.807, 2.05) is 6.26 Å². The molecule has 1 aromatic rings. The van der Waals surface area contributed by atoms with Crippen molar-refractivity contribution in [1.82, 2.24) is 4.90 Å². The second kappa shape index (κ2) is 8.79. The maximum Gasteiger partial charge on any atom is 0.308 e. The first-order valence-electron chi connectivity index (χ1n) is 9.05. The summed E-state index contributed by atoms with van der Waals surface area (Å²) in [6, 6.07) is 6.58. The molecule has 0 aromatic heterocycles. The number of carboxylic acid groups (broad SMARTS) is 1. The van der Waals surface area contributed by atoms with Gasteiger partial charge in [0.2, 0.25) is 0 Å². The number of carbonyl (C=O) groups excluding carboxylic acids is 2. The first-order valence-corrected chi connectivity index (χ1v) is 10.3. The number of carboxylic acids is 1. The summed E-state index contributed by atoms with van der Waals surface area (Å²) in [4.78, 5) is 39.2. The molecule has 2 aliphatic rings. The van der Waals surface area contributed by atoms with Gasteiger partial charge in [-0.15, -0.1) is 11.8 Å². The molecule has 7 nitrogen and oxygen atoms in total. The van der Waals surface area contributed by atoms with Crippen molar-refractivity contribution in [3.05, 3.63) is 41.0 Å². The summed E-state index contributed by atoms with van der Waals surface area (Å²) >= 11 is 1.35. The van der Waals surface area contributed by atoms with Gasteiger partial charge in [-0.1, -0.05) is 0 Å². The highest BCUT2D eigenvalue weighted by Crippen LogP contribution is 2.37. The number of thioether (sulfide) groups is 1. The molecular formula is C20H23NO6S. The van der Waals surface area contributed by atoms with Crippen molar-refractivity contribution >= 4 is 29.4 Å². The third-order valence-electron chi connectivity index (χ3n) is 4.95. The number of aliphatic carboxylic acids is 1. The molecule has 0 saturated carbocycles. The highest BCUT2D eigenvalue weighted by Gasteiger charge is 2.43. The molecule has 2 aliphatic heterocycles. The first-order chi connectivity index (χ1) is 13.5. The Bertz CT molecular complexity index is 797. The molecular weight excluding hydrogens is 382 g/mol. The normalized spacial score (nSPS) is 22.1. The Labute approximate surface area is 167 Å². The Balaban J connectivity index is 1.95. The molecule has 0 unspecified atom stereocenters. The Morgan fingerprint density at radius 1 is 1.32 bits per heavy atom. The van der Waals surface area contributed by atoms with E-state index >= 15 is 0 Å². The quantitative estimate of drug-likeness (QED) is 0.664. The molecule has 1 N–H and O–H groups in total. The van der Waals surface area contributed by atoms with Crippen molar-refractivity contribution in [3.8, 4) is 5.75 Å². The van der Waals surface area contributed by atoms with Crippen molar-refractivity contribution in [3.63, 3.8) is 0 Å². The van der Waals surface area contributed by atoms with Gasteiger partial charge in [0.1, 0.15) is 11.1 Å². The van der Waals surface area contributed by atoms with Crippen LogP contribution in [0.1, 0.15) is 29.6 Å². The van der Waals surface area contributed by atoms with Gasteiger partial charge in [0.25, 0.3) is 5.91 Å². The Morgan fingerprint density at radius 2 is 2.04 bits per heavy atom. The molecule has 0 spiro atoms. The molecule has 0 aliphatic carbocycles. The number of nitrogens with zero attached hydrogens (tertiary/aromatic N) is 1. The first kappa shape index (κ1) is 20.4. The number of methoxy groups -OCH3 is 1. The van der Waals surface area contributed by atoms with Crippen LogP contribution in [0.15, 0.2) is 35.4 Å². The van der Waals surface area contributed by atoms with Gasteiger partial charge in [-0.2, -0.15) is 0 Å². The Morgan fingerprint density at radius 3 is 2.57 bits per heavy atom. The number of carbonyl (C=O) groups is 3. The van der Waals surface area contributed by atoms with Crippen LogP contribution in [0.25, 0.3) is 0 Å². The second-order valence-corrected chi connectivity index (χ2v) is 7.62. The molecule has 1 saturated heterocycles. The molecule has 0 radical (unpaired) electrons. The van der Waals surface area contributed by atoms with Crippen molar-refractivity contribution < 1.29 is 29.0 Å².